The number of pyridine rings is 1. The molecule has 4 rings (SSSR count). The smallest absolute Gasteiger partial charge is 0.227 e. The van der Waals surface area contributed by atoms with Crippen LogP contribution in [-0.4, -0.2) is 10.9 Å². The van der Waals surface area contributed by atoms with Gasteiger partial charge in [0.25, 0.3) is 0 Å². The van der Waals surface area contributed by atoms with Crippen LogP contribution in [0.25, 0.3) is 10.9 Å². The zero-order valence-corrected chi connectivity index (χ0v) is 16.8. The molecule has 3 nitrogen and oxygen atoms in total. The van der Waals surface area contributed by atoms with Gasteiger partial charge in [0.15, 0.2) is 0 Å². The van der Waals surface area contributed by atoms with Gasteiger partial charge in [0.2, 0.25) is 5.91 Å². The maximum Gasteiger partial charge on any atom is 0.227 e. The van der Waals surface area contributed by atoms with Gasteiger partial charge in [0, 0.05) is 28.2 Å². The summed E-state index contributed by atoms with van der Waals surface area (Å²) in [6, 6.07) is 17.8. The van der Waals surface area contributed by atoms with E-state index in [1.54, 1.807) is 12.1 Å². The maximum atomic E-state index is 12.6. The summed E-state index contributed by atoms with van der Waals surface area (Å²) in [5.74, 6) is 1.07. The second-order valence-electron chi connectivity index (χ2n) is 7.86. The molecule has 3 aromatic rings. The number of hydrogen-bond acceptors (Lipinski definition) is 2. The lowest BCUT2D eigenvalue weighted by molar-refractivity contribution is -0.121. The third kappa shape index (κ3) is 4.20. The van der Waals surface area contributed by atoms with Gasteiger partial charge in [0.1, 0.15) is 0 Å². The van der Waals surface area contributed by atoms with Gasteiger partial charge in [-0.25, -0.2) is 0 Å². The summed E-state index contributed by atoms with van der Waals surface area (Å²) in [6.45, 7) is 2.05. The van der Waals surface area contributed by atoms with Crippen LogP contribution in [-0.2, 0) is 4.79 Å². The van der Waals surface area contributed by atoms with Gasteiger partial charge in [-0.05, 0) is 79.5 Å². The van der Waals surface area contributed by atoms with Crippen molar-refractivity contribution in [3.8, 4) is 0 Å². The van der Waals surface area contributed by atoms with E-state index < -0.39 is 0 Å². The molecule has 4 heteroatoms. The Kier molecular flexibility index (Phi) is 5.63. The van der Waals surface area contributed by atoms with E-state index in [0.717, 1.165) is 36.9 Å². The van der Waals surface area contributed by atoms with Crippen LogP contribution in [0.1, 0.15) is 44.1 Å². The molecule has 1 heterocycles. The van der Waals surface area contributed by atoms with Crippen LogP contribution in [0.4, 0.5) is 5.69 Å². The number of rotatable bonds is 4. The Morgan fingerprint density at radius 3 is 2.54 bits per heavy atom. The van der Waals surface area contributed by atoms with Gasteiger partial charge in [0.05, 0.1) is 5.52 Å². The lowest BCUT2D eigenvalue weighted by Gasteiger charge is -2.32. The van der Waals surface area contributed by atoms with E-state index in [2.05, 4.69) is 34.6 Å². The average molecular weight is 393 g/mol. The van der Waals surface area contributed by atoms with Crippen molar-refractivity contribution in [2.24, 2.45) is 11.8 Å². The Bertz CT molecular complexity index is 962. The molecule has 1 aliphatic rings. The van der Waals surface area contributed by atoms with E-state index in [0.29, 0.717) is 16.9 Å². The molecule has 1 amide bonds. The second kappa shape index (κ2) is 8.32. The Labute approximate surface area is 171 Å². The first-order chi connectivity index (χ1) is 13.6. The molecule has 0 aliphatic heterocycles. The molecule has 144 valence electrons. The predicted octanol–water partition coefficient (Wildman–Crippen LogP) is 6.44. The average Bonchev–Trinajstić information content (AvgIpc) is 2.74. The van der Waals surface area contributed by atoms with Crippen LogP contribution in [0.3, 0.4) is 0 Å². The third-order valence-electron chi connectivity index (χ3n) is 6.09. The number of hydrogen-bond donors (Lipinski definition) is 1. The van der Waals surface area contributed by atoms with Crippen LogP contribution in [0.5, 0.6) is 0 Å². The lowest BCUT2D eigenvalue weighted by atomic mass is 9.74. The van der Waals surface area contributed by atoms with Crippen LogP contribution >= 0.6 is 11.6 Å². The quantitative estimate of drug-likeness (QED) is 0.555. The van der Waals surface area contributed by atoms with Crippen molar-refractivity contribution in [3.63, 3.8) is 0 Å². The molecule has 1 aliphatic carbocycles. The lowest BCUT2D eigenvalue weighted by Crippen LogP contribution is -2.29. The number of aromatic nitrogens is 1. The van der Waals surface area contributed by atoms with Crippen molar-refractivity contribution in [1.29, 1.82) is 0 Å². The highest BCUT2D eigenvalue weighted by atomic mass is 35.5. The van der Waals surface area contributed by atoms with Crippen LogP contribution in [0.15, 0.2) is 60.8 Å². The minimum absolute atomic E-state index is 0.00589. The fourth-order valence-electron chi connectivity index (χ4n) is 4.27. The number of carbonyl (C=O) groups is 1. The monoisotopic (exact) mass is 392 g/mol. The summed E-state index contributed by atoms with van der Waals surface area (Å²) in [5, 5.41) is 4.90. The number of para-hydroxylation sites is 1. The van der Waals surface area contributed by atoms with E-state index in [4.69, 9.17) is 11.6 Å². The summed E-state index contributed by atoms with van der Waals surface area (Å²) in [7, 11) is 0. The third-order valence-corrected chi connectivity index (χ3v) is 6.34. The number of halogens is 1. The molecule has 0 spiro atoms. The molecule has 1 aromatic heterocycles. The Hall–Kier alpha value is -2.39. The highest BCUT2D eigenvalue weighted by molar-refractivity contribution is 6.30. The molecule has 0 radical (unpaired) electrons. The molecule has 1 fully saturated rings. The van der Waals surface area contributed by atoms with E-state index in [1.165, 1.54) is 10.9 Å². The Balaban J connectivity index is 1.36. The van der Waals surface area contributed by atoms with E-state index in [9.17, 15) is 4.79 Å². The fraction of sp³-hybridized carbons (Fsp3) is 0.333. The fourth-order valence-corrected chi connectivity index (χ4v) is 4.39. The van der Waals surface area contributed by atoms with Gasteiger partial charge in [-0.2, -0.15) is 0 Å². The zero-order valence-electron chi connectivity index (χ0n) is 16.1. The highest BCUT2D eigenvalue weighted by Gasteiger charge is 2.29. The number of benzene rings is 2. The van der Waals surface area contributed by atoms with Crippen molar-refractivity contribution in [3.05, 3.63) is 71.4 Å². The summed E-state index contributed by atoms with van der Waals surface area (Å²) < 4.78 is 0. The van der Waals surface area contributed by atoms with Gasteiger partial charge in [-0.15, -0.1) is 0 Å². The minimum atomic E-state index is 0.00589. The Morgan fingerprint density at radius 2 is 1.79 bits per heavy atom. The van der Waals surface area contributed by atoms with Gasteiger partial charge >= 0.3 is 0 Å². The van der Waals surface area contributed by atoms with Gasteiger partial charge < -0.3 is 5.32 Å². The summed E-state index contributed by atoms with van der Waals surface area (Å²) in [4.78, 5) is 17.3. The topological polar surface area (TPSA) is 42.0 Å². The largest absolute Gasteiger partial charge is 0.326 e. The molecule has 1 unspecified atom stereocenters. The Morgan fingerprint density at radius 1 is 1.07 bits per heavy atom. The van der Waals surface area contributed by atoms with Crippen LogP contribution < -0.4 is 5.32 Å². The molecule has 0 saturated heterocycles. The first-order valence-corrected chi connectivity index (χ1v) is 10.4. The molecule has 1 N–H and O–H groups in total. The molecule has 2 aromatic carbocycles. The van der Waals surface area contributed by atoms with Gasteiger partial charge in [-0.1, -0.05) is 36.7 Å². The normalized spacial score (nSPS) is 20.6. The number of nitrogens with zero attached hydrogens (tertiary/aromatic N) is 1. The number of amides is 1. The summed E-state index contributed by atoms with van der Waals surface area (Å²) in [5.41, 5.74) is 3.18. The number of anilines is 1. The SMILES string of the molecule is CC(C(=O)Nc1ccc(Cl)cc1)C1CCC(c2cnc3ccccc3c2)CC1. The van der Waals surface area contributed by atoms with Crippen molar-refractivity contribution in [2.45, 2.75) is 38.5 Å². The predicted molar refractivity (Wildman–Crippen MR) is 116 cm³/mol. The second-order valence-corrected chi connectivity index (χ2v) is 8.29. The molecule has 0 bridgehead atoms. The molecule has 1 atom stereocenters. The number of fused-ring (bicyclic) bond motifs is 1. The van der Waals surface area contributed by atoms with Crippen molar-refractivity contribution in [2.75, 3.05) is 5.32 Å². The maximum absolute atomic E-state index is 12.6. The molecule has 1 saturated carbocycles. The van der Waals surface area contributed by atoms with Crippen LogP contribution in [0.2, 0.25) is 5.02 Å². The molecular formula is C24H25ClN2O. The van der Waals surface area contributed by atoms with Crippen molar-refractivity contribution >= 4 is 34.1 Å². The van der Waals surface area contributed by atoms with Crippen molar-refractivity contribution in [1.82, 2.24) is 4.98 Å². The first-order valence-electron chi connectivity index (χ1n) is 10.0. The van der Waals surface area contributed by atoms with Crippen LogP contribution in [0, 0.1) is 11.8 Å². The standard InChI is InChI=1S/C24H25ClN2O/c1-16(24(28)27-22-12-10-21(25)11-13-22)17-6-8-18(9-7-17)20-14-19-4-2-3-5-23(19)26-15-20/h2-5,10-18H,6-9H2,1H3,(H,27,28). The van der Waals surface area contributed by atoms with E-state index in [-0.39, 0.29) is 11.8 Å². The highest BCUT2D eigenvalue weighted by Crippen LogP contribution is 2.39. The van der Waals surface area contributed by atoms with Gasteiger partial charge in [-0.3, -0.25) is 9.78 Å². The van der Waals surface area contributed by atoms with E-state index >= 15 is 0 Å². The summed E-state index contributed by atoms with van der Waals surface area (Å²) in [6.07, 6.45) is 6.41. The minimum Gasteiger partial charge on any atom is -0.326 e. The number of nitrogens with one attached hydrogen (secondary N) is 1. The molecule has 28 heavy (non-hydrogen) atoms. The zero-order chi connectivity index (χ0) is 19.5. The molecular weight excluding hydrogens is 368 g/mol. The number of carbonyl (C=O) groups excluding carboxylic acids is 1. The van der Waals surface area contributed by atoms with E-state index in [1.807, 2.05) is 31.3 Å². The summed E-state index contributed by atoms with van der Waals surface area (Å²) >= 11 is 5.91. The first kappa shape index (κ1) is 18.9. The van der Waals surface area contributed by atoms with Crippen molar-refractivity contribution < 1.29 is 4.79 Å².